The second-order valence-electron chi connectivity index (χ2n) is 7.62. The molecule has 0 radical (unpaired) electrons. The van der Waals surface area contributed by atoms with Gasteiger partial charge in [0.2, 0.25) is 0 Å². The number of likely N-dealkylation sites (tertiary alicyclic amines) is 1. The minimum Gasteiger partial charge on any atom is -0.467 e. The van der Waals surface area contributed by atoms with Gasteiger partial charge in [-0.2, -0.15) is 0 Å². The molecule has 1 heterocycles. The molecular formula is C20H28N2O7. The summed E-state index contributed by atoms with van der Waals surface area (Å²) >= 11 is 0. The van der Waals surface area contributed by atoms with Gasteiger partial charge in [-0.05, 0) is 26.3 Å². The molecule has 1 saturated heterocycles. The summed E-state index contributed by atoms with van der Waals surface area (Å²) in [5.41, 5.74) is 0.212. The number of hydrogen-bond acceptors (Lipinski definition) is 7. The Labute approximate surface area is 170 Å². The highest BCUT2D eigenvalue weighted by Crippen LogP contribution is 2.15. The molecule has 0 aromatic heterocycles. The lowest BCUT2D eigenvalue weighted by molar-refractivity contribution is -0.146. The maximum atomic E-state index is 12.0. The minimum absolute atomic E-state index is 0.0938. The van der Waals surface area contributed by atoms with Gasteiger partial charge in [0, 0.05) is 0 Å². The topological polar surface area (TPSA) is 103 Å². The van der Waals surface area contributed by atoms with Gasteiger partial charge in [0.25, 0.3) is 0 Å². The van der Waals surface area contributed by atoms with E-state index in [4.69, 9.17) is 14.2 Å². The zero-order chi connectivity index (χ0) is 21.4. The molecule has 160 valence electrons. The summed E-state index contributed by atoms with van der Waals surface area (Å²) in [7, 11) is 1.22. The number of rotatable bonds is 7. The highest BCUT2D eigenvalue weighted by molar-refractivity contribution is 5.81. The van der Waals surface area contributed by atoms with Crippen LogP contribution >= 0.6 is 0 Å². The Morgan fingerprint density at radius 3 is 2.41 bits per heavy atom. The summed E-state index contributed by atoms with van der Waals surface area (Å²) in [6, 6.07) is 8.38. The third kappa shape index (κ3) is 7.61. The molecule has 0 spiro atoms. The highest BCUT2D eigenvalue weighted by atomic mass is 16.6. The number of amides is 2. The summed E-state index contributed by atoms with van der Waals surface area (Å²) in [5, 5.41) is 2.43. The van der Waals surface area contributed by atoms with Crippen LogP contribution < -0.4 is 5.32 Å². The molecule has 29 heavy (non-hydrogen) atoms. The average Bonchev–Trinajstić information content (AvgIpc) is 2.62. The maximum absolute atomic E-state index is 12.0. The fraction of sp³-hybridized carbons (Fsp3) is 0.550. The molecule has 2 rings (SSSR count). The third-order valence-corrected chi connectivity index (χ3v) is 3.99. The molecule has 0 bridgehead atoms. The van der Waals surface area contributed by atoms with Gasteiger partial charge in [-0.3, -0.25) is 0 Å². The molecule has 2 amide bonds. The van der Waals surface area contributed by atoms with E-state index in [1.165, 1.54) is 12.0 Å². The zero-order valence-corrected chi connectivity index (χ0v) is 17.2. The first-order valence-electron chi connectivity index (χ1n) is 9.32. The van der Waals surface area contributed by atoms with Crippen molar-refractivity contribution in [3.8, 4) is 0 Å². The van der Waals surface area contributed by atoms with E-state index >= 15 is 0 Å². The lowest BCUT2D eigenvalue weighted by Gasteiger charge is -2.38. The summed E-state index contributed by atoms with van der Waals surface area (Å²) in [4.78, 5) is 37.3. The molecule has 1 unspecified atom stereocenters. The predicted octanol–water partition coefficient (Wildman–Crippen LogP) is 2.09. The molecule has 1 atom stereocenters. The number of nitrogens with zero attached hydrogens (tertiary/aromatic N) is 1. The molecule has 9 heteroatoms. The van der Waals surface area contributed by atoms with Gasteiger partial charge < -0.3 is 29.2 Å². The van der Waals surface area contributed by atoms with Gasteiger partial charge in [-0.15, -0.1) is 0 Å². The van der Waals surface area contributed by atoms with E-state index in [0.717, 1.165) is 5.56 Å². The van der Waals surface area contributed by atoms with Gasteiger partial charge in [-0.25, -0.2) is 14.4 Å². The van der Waals surface area contributed by atoms with Crippen molar-refractivity contribution in [3.63, 3.8) is 0 Å². The van der Waals surface area contributed by atoms with Crippen LogP contribution in [0.15, 0.2) is 30.3 Å². The van der Waals surface area contributed by atoms with E-state index in [0.29, 0.717) is 13.1 Å². The van der Waals surface area contributed by atoms with Crippen molar-refractivity contribution in [1.82, 2.24) is 10.2 Å². The van der Waals surface area contributed by atoms with Crippen LogP contribution in [0, 0.1) is 0 Å². The number of ether oxygens (including phenoxy) is 4. The smallest absolute Gasteiger partial charge is 0.410 e. The fourth-order valence-electron chi connectivity index (χ4n) is 2.50. The van der Waals surface area contributed by atoms with Crippen molar-refractivity contribution in [1.29, 1.82) is 0 Å². The number of carbonyl (C=O) groups is 3. The second kappa shape index (κ2) is 10.1. The molecule has 1 aliphatic rings. The van der Waals surface area contributed by atoms with Crippen LogP contribution in [0.3, 0.4) is 0 Å². The van der Waals surface area contributed by atoms with Crippen LogP contribution in [0.4, 0.5) is 9.59 Å². The maximum Gasteiger partial charge on any atom is 0.410 e. The fourth-order valence-corrected chi connectivity index (χ4v) is 2.50. The van der Waals surface area contributed by atoms with Gasteiger partial charge in [-0.1, -0.05) is 30.3 Å². The molecule has 1 N–H and O–H groups in total. The molecule has 0 aliphatic carbocycles. The summed E-state index contributed by atoms with van der Waals surface area (Å²) < 4.78 is 20.7. The van der Waals surface area contributed by atoms with Crippen LogP contribution in [0.1, 0.15) is 26.3 Å². The number of methoxy groups -OCH3 is 1. The Morgan fingerprint density at radius 1 is 1.17 bits per heavy atom. The lowest BCUT2D eigenvalue weighted by Crippen LogP contribution is -2.56. The summed E-state index contributed by atoms with van der Waals surface area (Å²) in [6.45, 7) is 5.94. The Hall–Kier alpha value is -2.81. The van der Waals surface area contributed by atoms with E-state index in [1.54, 1.807) is 20.8 Å². The first-order valence-corrected chi connectivity index (χ1v) is 9.32. The van der Waals surface area contributed by atoms with E-state index in [2.05, 4.69) is 10.1 Å². The van der Waals surface area contributed by atoms with E-state index in [1.807, 2.05) is 30.3 Å². The van der Waals surface area contributed by atoms with Gasteiger partial charge in [0.1, 0.15) is 12.2 Å². The Bertz CT molecular complexity index is 697. The molecule has 0 saturated carbocycles. The Balaban J connectivity index is 1.72. The Morgan fingerprint density at radius 2 is 1.83 bits per heavy atom. The highest BCUT2D eigenvalue weighted by Gasteiger charge is 2.34. The largest absolute Gasteiger partial charge is 0.467 e. The second-order valence-corrected chi connectivity index (χ2v) is 7.62. The standard InChI is InChI=1S/C20H28N2O7/c1-20(2,3)29-18(24)21-16(17(23)26-4)13-27-15-10-22(11-15)19(25)28-12-14-8-6-5-7-9-14/h5-9,15-16H,10-13H2,1-4H3,(H,21,24). The van der Waals surface area contributed by atoms with Crippen LogP contribution in [0.5, 0.6) is 0 Å². The molecule has 9 nitrogen and oxygen atoms in total. The quantitative estimate of drug-likeness (QED) is 0.544. The van der Waals surface area contributed by atoms with Crippen LogP contribution in [0.25, 0.3) is 0 Å². The van der Waals surface area contributed by atoms with Crippen molar-refractivity contribution in [2.24, 2.45) is 0 Å². The zero-order valence-electron chi connectivity index (χ0n) is 17.2. The monoisotopic (exact) mass is 408 g/mol. The molecular weight excluding hydrogens is 380 g/mol. The molecule has 1 aliphatic heterocycles. The lowest BCUT2D eigenvalue weighted by atomic mass is 10.2. The van der Waals surface area contributed by atoms with Crippen molar-refractivity contribution in [2.45, 2.75) is 45.1 Å². The molecule has 1 fully saturated rings. The number of carbonyl (C=O) groups excluding carboxylic acids is 3. The van der Waals surface area contributed by atoms with Gasteiger partial charge in [0.15, 0.2) is 6.04 Å². The predicted molar refractivity (Wildman–Crippen MR) is 103 cm³/mol. The van der Waals surface area contributed by atoms with Crippen LogP contribution in [-0.2, 0) is 30.3 Å². The van der Waals surface area contributed by atoms with Crippen molar-refractivity contribution >= 4 is 18.2 Å². The molecule has 1 aromatic rings. The average molecular weight is 408 g/mol. The number of nitrogens with one attached hydrogen (secondary N) is 1. The first kappa shape index (κ1) is 22.5. The van der Waals surface area contributed by atoms with E-state index in [9.17, 15) is 14.4 Å². The third-order valence-electron chi connectivity index (χ3n) is 3.99. The number of esters is 1. The van der Waals surface area contributed by atoms with Crippen LogP contribution in [0.2, 0.25) is 0 Å². The van der Waals surface area contributed by atoms with Gasteiger partial charge >= 0.3 is 18.2 Å². The van der Waals surface area contributed by atoms with Crippen molar-refractivity contribution in [2.75, 3.05) is 26.8 Å². The van der Waals surface area contributed by atoms with E-state index in [-0.39, 0.29) is 19.3 Å². The SMILES string of the molecule is COC(=O)C(COC1CN(C(=O)OCc2ccccc2)C1)NC(=O)OC(C)(C)C. The van der Waals surface area contributed by atoms with Crippen molar-refractivity contribution < 1.29 is 33.3 Å². The van der Waals surface area contributed by atoms with Crippen LogP contribution in [-0.4, -0.2) is 67.6 Å². The Kier molecular flexibility index (Phi) is 7.83. The number of alkyl carbamates (subject to hydrolysis) is 1. The minimum atomic E-state index is -1.01. The van der Waals surface area contributed by atoms with Gasteiger partial charge in [0.05, 0.1) is 32.9 Å². The summed E-state index contributed by atoms with van der Waals surface area (Å²) in [5.74, 6) is -0.644. The molecule has 1 aromatic carbocycles. The van der Waals surface area contributed by atoms with E-state index < -0.39 is 29.8 Å². The van der Waals surface area contributed by atoms with Crippen molar-refractivity contribution in [3.05, 3.63) is 35.9 Å². The summed E-state index contributed by atoms with van der Waals surface area (Å²) in [6.07, 6.45) is -1.42. The first-order chi connectivity index (χ1) is 13.7. The normalized spacial score (nSPS) is 15.1. The number of benzene rings is 1. The number of hydrogen-bond donors (Lipinski definition) is 1.